The molecule has 0 spiro atoms. The lowest BCUT2D eigenvalue weighted by Crippen LogP contribution is -2.31. The minimum atomic E-state index is 0.0464. The Hall–Kier alpha value is -1.16. The molecule has 2 heterocycles. The second-order valence-corrected chi connectivity index (χ2v) is 5.26. The van der Waals surface area contributed by atoms with Crippen LogP contribution in [0, 0.1) is 5.92 Å². The number of piperidine rings is 1. The van der Waals surface area contributed by atoms with E-state index in [1.165, 1.54) is 0 Å². The summed E-state index contributed by atoms with van der Waals surface area (Å²) in [5.41, 5.74) is 0.749. The van der Waals surface area contributed by atoms with Crippen LogP contribution in [0.5, 0.6) is 0 Å². The van der Waals surface area contributed by atoms with Gasteiger partial charge < -0.3 is 4.90 Å². The number of nitrogens with zero attached hydrogens (tertiary/aromatic N) is 3. The van der Waals surface area contributed by atoms with Crippen molar-refractivity contribution in [3.8, 4) is 0 Å². The maximum absolute atomic E-state index is 11.8. The molecule has 2 rings (SSSR count). The van der Waals surface area contributed by atoms with Crippen molar-refractivity contribution < 1.29 is 4.79 Å². The van der Waals surface area contributed by atoms with Gasteiger partial charge in [0.05, 0.1) is 17.8 Å². The molecule has 17 heavy (non-hydrogen) atoms. The number of Topliss-reactive ketones (excluding diaryl/α,β-unsaturated/α-hetero) is 1. The van der Waals surface area contributed by atoms with Crippen LogP contribution in [0.1, 0.15) is 43.1 Å². The van der Waals surface area contributed by atoms with E-state index in [1.807, 2.05) is 24.7 Å². The Labute approximate surface area is 103 Å². The molecular formula is C13H21N3O. The summed E-state index contributed by atoms with van der Waals surface area (Å²) in [5, 5.41) is 4.35. The van der Waals surface area contributed by atoms with E-state index in [2.05, 4.69) is 17.0 Å². The highest BCUT2D eigenvalue weighted by Gasteiger charge is 2.20. The molecule has 0 radical (unpaired) electrons. The molecule has 0 unspecified atom stereocenters. The third-order valence-electron chi connectivity index (χ3n) is 3.47. The summed E-state index contributed by atoms with van der Waals surface area (Å²) in [6.45, 7) is 6.07. The first-order valence-corrected chi connectivity index (χ1v) is 6.35. The van der Waals surface area contributed by atoms with Crippen LogP contribution in [0.4, 0.5) is 0 Å². The van der Waals surface area contributed by atoms with Gasteiger partial charge in [0.25, 0.3) is 0 Å². The standard InChI is InChI=1S/C13H21N3O/c1-10(2)13(17)11-8-14-16(9-11)12-4-6-15(3)7-5-12/h8-10,12H,4-7H2,1-3H3. The van der Waals surface area contributed by atoms with Crippen LogP contribution in [0.2, 0.25) is 0 Å². The Kier molecular flexibility index (Phi) is 3.62. The third-order valence-corrected chi connectivity index (χ3v) is 3.47. The fourth-order valence-electron chi connectivity index (χ4n) is 2.26. The van der Waals surface area contributed by atoms with Crippen LogP contribution in [-0.4, -0.2) is 40.6 Å². The molecule has 1 fully saturated rings. The van der Waals surface area contributed by atoms with Crippen molar-refractivity contribution in [1.29, 1.82) is 0 Å². The van der Waals surface area contributed by atoms with E-state index in [0.29, 0.717) is 6.04 Å². The molecular weight excluding hydrogens is 214 g/mol. The SMILES string of the molecule is CC(C)C(=O)c1cnn(C2CCN(C)CC2)c1. The predicted molar refractivity (Wildman–Crippen MR) is 67.2 cm³/mol. The van der Waals surface area contributed by atoms with Gasteiger partial charge in [0, 0.05) is 12.1 Å². The van der Waals surface area contributed by atoms with Crippen molar-refractivity contribution in [2.24, 2.45) is 5.92 Å². The van der Waals surface area contributed by atoms with Crippen LogP contribution in [0.25, 0.3) is 0 Å². The van der Waals surface area contributed by atoms with Gasteiger partial charge in [-0.15, -0.1) is 0 Å². The first-order chi connectivity index (χ1) is 8.08. The van der Waals surface area contributed by atoms with Crippen molar-refractivity contribution in [3.63, 3.8) is 0 Å². The lowest BCUT2D eigenvalue weighted by Gasteiger charge is -2.28. The monoisotopic (exact) mass is 235 g/mol. The highest BCUT2D eigenvalue weighted by atomic mass is 16.1. The maximum Gasteiger partial charge on any atom is 0.168 e. The summed E-state index contributed by atoms with van der Waals surface area (Å²) in [4.78, 5) is 14.2. The van der Waals surface area contributed by atoms with Crippen LogP contribution in [-0.2, 0) is 0 Å². The number of hydrogen-bond donors (Lipinski definition) is 0. The second-order valence-electron chi connectivity index (χ2n) is 5.26. The predicted octanol–water partition coefficient (Wildman–Crippen LogP) is 1.99. The van der Waals surface area contributed by atoms with Crippen LogP contribution < -0.4 is 0 Å². The maximum atomic E-state index is 11.8. The number of hydrogen-bond acceptors (Lipinski definition) is 3. The van der Waals surface area contributed by atoms with Gasteiger partial charge in [0.15, 0.2) is 5.78 Å². The number of carbonyl (C=O) groups excluding carboxylic acids is 1. The molecule has 0 aliphatic carbocycles. The average Bonchev–Trinajstić information content (AvgIpc) is 2.78. The van der Waals surface area contributed by atoms with E-state index in [0.717, 1.165) is 31.5 Å². The van der Waals surface area contributed by atoms with E-state index in [4.69, 9.17) is 0 Å². The first kappa shape index (κ1) is 12.3. The van der Waals surface area contributed by atoms with Gasteiger partial charge in [-0.05, 0) is 33.0 Å². The van der Waals surface area contributed by atoms with Crippen molar-refractivity contribution in [2.75, 3.05) is 20.1 Å². The van der Waals surface area contributed by atoms with Crippen LogP contribution in [0.15, 0.2) is 12.4 Å². The van der Waals surface area contributed by atoms with E-state index >= 15 is 0 Å². The Morgan fingerprint density at radius 2 is 2.06 bits per heavy atom. The lowest BCUT2D eigenvalue weighted by atomic mass is 10.0. The second kappa shape index (κ2) is 5.00. The summed E-state index contributed by atoms with van der Waals surface area (Å²) in [7, 11) is 2.15. The van der Waals surface area contributed by atoms with E-state index in [9.17, 15) is 4.79 Å². The molecule has 0 bridgehead atoms. The molecule has 1 aliphatic heterocycles. The molecule has 1 saturated heterocycles. The molecule has 0 amide bonds. The normalized spacial score (nSPS) is 18.8. The minimum Gasteiger partial charge on any atom is -0.306 e. The number of rotatable bonds is 3. The smallest absolute Gasteiger partial charge is 0.168 e. The molecule has 4 heteroatoms. The lowest BCUT2D eigenvalue weighted by molar-refractivity contribution is 0.0939. The minimum absolute atomic E-state index is 0.0464. The average molecular weight is 235 g/mol. The highest BCUT2D eigenvalue weighted by Crippen LogP contribution is 2.21. The van der Waals surface area contributed by atoms with Gasteiger partial charge in [-0.3, -0.25) is 9.48 Å². The summed E-state index contributed by atoms with van der Waals surface area (Å²) in [6.07, 6.45) is 5.86. The number of aromatic nitrogens is 2. The Morgan fingerprint density at radius 1 is 1.41 bits per heavy atom. The molecule has 0 aromatic carbocycles. The molecule has 4 nitrogen and oxygen atoms in total. The van der Waals surface area contributed by atoms with E-state index in [-0.39, 0.29) is 11.7 Å². The molecule has 0 atom stereocenters. The summed E-state index contributed by atoms with van der Waals surface area (Å²) >= 11 is 0. The fraction of sp³-hybridized carbons (Fsp3) is 0.692. The summed E-state index contributed by atoms with van der Waals surface area (Å²) < 4.78 is 1.97. The van der Waals surface area contributed by atoms with Crippen molar-refractivity contribution in [3.05, 3.63) is 18.0 Å². The number of likely N-dealkylation sites (tertiary alicyclic amines) is 1. The van der Waals surface area contributed by atoms with Gasteiger partial charge in [0.2, 0.25) is 0 Å². The van der Waals surface area contributed by atoms with Gasteiger partial charge in [-0.2, -0.15) is 5.10 Å². The molecule has 1 aliphatic rings. The molecule has 1 aromatic heterocycles. The molecule has 0 saturated carbocycles. The molecule has 1 aromatic rings. The zero-order chi connectivity index (χ0) is 12.4. The van der Waals surface area contributed by atoms with E-state index < -0.39 is 0 Å². The third kappa shape index (κ3) is 2.75. The summed E-state index contributed by atoms with van der Waals surface area (Å²) in [5.74, 6) is 0.231. The Bertz CT molecular complexity index is 389. The van der Waals surface area contributed by atoms with Crippen LogP contribution >= 0.6 is 0 Å². The zero-order valence-electron chi connectivity index (χ0n) is 10.9. The van der Waals surface area contributed by atoms with E-state index in [1.54, 1.807) is 6.20 Å². The van der Waals surface area contributed by atoms with Gasteiger partial charge in [-0.25, -0.2) is 0 Å². The number of carbonyl (C=O) groups is 1. The van der Waals surface area contributed by atoms with Crippen molar-refractivity contribution in [2.45, 2.75) is 32.7 Å². The van der Waals surface area contributed by atoms with Crippen LogP contribution in [0.3, 0.4) is 0 Å². The topological polar surface area (TPSA) is 38.1 Å². The molecule has 94 valence electrons. The van der Waals surface area contributed by atoms with Crippen molar-refractivity contribution >= 4 is 5.78 Å². The first-order valence-electron chi connectivity index (χ1n) is 6.35. The van der Waals surface area contributed by atoms with Gasteiger partial charge in [-0.1, -0.05) is 13.8 Å². The Morgan fingerprint density at radius 3 is 2.65 bits per heavy atom. The van der Waals surface area contributed by atoms with Gasteiger partial charge in [0.1, 0.15) is 0 Å². The molecule has 0 N–H and O–H groups in total. The largest absolute Gasteiger partial charge is 0.306 e. The highest BCUT2D eigenvalue weighted by molar-refractivity contribution is 5.96. The quantitative estimate of drug-likeness (QED) is 0.752. The zero-order valence-corrected chi connectivity index (χ0v) is 10.9. The van der Waals surface area contributed by atoms with Gasteiger partial charge >= 0.3 is 0 Å². The van der Waals surface area contributed by atoms with Crippen molar-refractivity contribution in [1.82, 2.24) is 14.7 Å². The number of ketones is 1. The fourth-order valence-corrected chi connectivity index (χ4v) is 2.26. The summed E-state index contributed by atoms with van der Waals surface area (Å²) in [6, 6.07) is 0.458. The Balaban J connectivity index is 2.05.